The van der Waals surface area contributed by atoms with Gasteiger partial charge in [-0.25, -0.2) is 0 Å². The average molecular weight is 168 g/mol. The summed E-state index contributed by atoms with van der Waals surface area (Å²) in [6.07, 6.45) is 5.17. The van der Waals surface area contributed by atoms with Gasteiger partial charge in [0.15, 0.2) is 0 Å². The van der Waals surface area contributed by atoms with Crippen LogP contribution in [0.2, 0.25) is 0 Å². The summed E-state index contributed by atoms with van der Waals surface area (Å²) in [7, 11) is 0. The maximum atomic E-state index is 5.38. The van der Waals surface area contributed by atoms with Gasteiger partial charge in [-0.3, -0.25) is 4.68 Å². The average Bonchev–Trinajstić information content (AvgIpc) is 2.53. The largest absolute Gasteiger partial charge is 0.330 e. The van der Waals surface area contributed by atoms with E-state index in [1.54, 1.807) is 0 Å². The van der Waals surface area contributed by atoms with Crippen LogP contribution in [-0.4, -0.2) is 21.5 Å². The van der Waals surface area contributed by atoms with Crippen molar-refractivity contribution in [2.45, 2.75) is 32.7 Å². The fraction of sp³-hybridized carbons (Fsp3) is 0.750. The van der Waals surface area contributed by atoms with Crippen molar-refractivity contribution in [3.8, 4) is 0 Å². The minimum Gasteiger partial charge on any atom is -0.330 e. The molecule has 1 aromatic heterocycles. The number of unbranched alkanes of at least 4 members (excludes halogenated alkanes) is 1. The summed E-state index contributed by atoms with van der Waals surface area (Å²) in [5.41, 5.74) is 6.46. The number of nitrogens with zero attached hydrogens (tertiary/aromatic N) is 3. The van der Waals surface area contributed by atoms with Crippen LogP contribution in [0.4, 0.5) is 0 Å². The van der Waals surface area contributed by atoms with Crippen LogP contribution >= 0.6 is 0 Å². The molecule has 0 amide bonds. The molecule has 0 aliphatic rings. The first-order chi connectivity index (χ1) is 5.86. The Morgan fingerprint density at radius 1 is 1.50 bits per heavy atom. The lowest BCUT2D eigenvalue weighted by atomic mass is 10.2. The lowest BCUT2D eigenvalue weighted by molar-refractivity contribution is 0.626. The van der Waals surface area contributed by atoms with E-state index in [-0.39, 0.29) is 0 Å². The molecule has 0 saturated carbocycles. The van der Waals surface area contributed by atoms with Crippen LogP contribution in [-0.2, 0) is 13.0 Å². The van der Waals surface area contributed by atoms with Crippen LogP contribution in [0, 0.1) is 0 Å². The first-order valence-electron chi connectivity index (χ1n) is 4.46. The van der Waals surface area contributed by atoms with Crippen molar-refractivity contribution in [2.75, 3.05) is 6.54 Å². The molecule has 0 aliphatic heterocycles. The third kappa shape index (κ3) is 2.62. The van der Waals surface area contributed by atoms with Crippen molar-refractivity contribution in [1.82, 2.24) is 15.0 Å². The number of aromatic nitrogens is 3. The summed E-state index contributed by atoms with van der Waals surface area (Å²) in [4.78, 5) is 0. The quantitative estimate of drug-likeness (QED) is 0.654. The van der Waals surface area contributed by atoms with E-state index in [1.165, 1.54) is 0 Å². The lowest BCUT2D eigenvalue weighted by Gasteiger charge is -1.93. The number of nitrogens with two attached hydrogens (primary N) is 1. The Hall–Kier alpha value is -0.900. The highest BCUT2D eigenvalue weighted by Gasteiger charge is 1.97. The van der Waals surface area contributed by atoms with Gasteiger partial charge in [0, 0.05) is 12.7 Å². The highest BCUT2D eigenvalue weighted by Crippen LogP contribution is 1.99. The summed E-state index contributed by atoms with van der Waals surface area (Å²) in [6, 6.07) is 0. The van der Waals surface area contributed by atoms with Crippen molar-refractivity contribution < 1.29 is 0 Å². The van der Waals surface area contributed by atoms with E-state index in [1.807, 2.05) is 10.9 Å². The second-order valence-electron chi connectivity index (χ2n) is 2.81. The van der Waals surface area contributed by atoms with Gasteiger partial charge in [0.2, 0.25) is 0 Å². The molecule has 4 heteroatoms. The Balaban J connectivity index is 2.31. The van der Waals surface area contributed by atoms with E-state index < -0.39 is 0 Å². The predicted molar refractivity (Wildman–Crippen MR) is 47.7 cm³/mol. The Bertz CT molecular complexity index is 219. The minimum absolute atomic E-state index is 0.766. The highest BCUT2D eigenvalue weighted by molar-refractivity contribution is 4.91. The smallest absolute Gasteiger partial charge is 0.0827 e. The molecule has 1 heterocycles. The fourth-order valence-corrected chi connectivity index (χ4v) is 1.06. The van der Waals surface area contributed by atoms with Crippen LogP contribution in [0.15, 0.2) is 6.20 Å². The molecule has 0 bridgehead atoms. The van der Waals surface area contributed by atoms with Gasteiger partial charge in [0.25, 0.3) is 0 Å². The van der Waals surface area contributed by atoms with Crippen molar-refractivity contribution >= 4 is 0 Å². The van der Waals surface area contributed by atoms with E-state index in [0.717, 1.165) is 38.0 Å². The maximum Gasteiger partial charge on any atom is 0.0827 e. The SMILES string of the molecule is CCn1cc(CCCCN)nn1. The summed E-state index contributed by atoms with van der Waals surface area (Å²) in [5, 5.41) is 7.98. The van der Waals surface area contributed by atoms with Gasteiger partial charge >= 0.3 is 0 Å². The first-order valence-corrected chi connectivity index (χ1v) is 4.46. The standard InChI is InChI=1S/C8H16N4/c1-2-12-7-8(10-11-12)5-3-4-6-9/h7H,2-6,9H2,1H3. The zero-order chi connectivity index (χ0) is 8.81. The van der Waals surface area contributed by atoms with E-state index in [9.17, 15) is 0 Å². The molecular weight excluding hydrogens is 152 g/mol. The zero-order valence-corrected chi connectivity index (χ0v) is 7.53. The first kappa shape index (κ1) is 9.19. The van der Waals surface area contributed by atoms with Gasteiger partial charge in [0.05, 0.1) is 5.69 Å². The van der Waals surface area contributed by atoms with Crippen molar-refractivity contribution in [2.24, 2.45) is 5.73 Å². The molecule has 0 aliphatic carbocycles. The predicted octanol–water partition coefficient (Wildman–Crippen LogP) is 0.579. The number of hydrogen-bond acceptors (Lipinski definition) is 3. The zero-order valence-electron chi connectivity index (χ0n) is 7.53. The lowest BCUT2D eigenvalue weighted by Crippen LogP contribution is -1.99. The Morgan fingerprint density at radius 3 is 2.92 bits per heavy atom. The van der Waals surface area contributed by atoms with Gasteiger partial charge in [-0.15, -0.1) is 5.10 Å². The van der Waals surface area contributed by atoms with Gasteiger partial charge in [0.1, 0.15) is 0 Å². The maximum absolute atomic E-state index is 5.38. The minimum atomic E-state index is 0.766. The van der Waals surface area contributed by atoms with Gasteiger partial charge in [-0.2, -0.15) is 0 Å². The summed E-state index contributed by atoms with van der Waals surface area (Å²) >= 11 is 0. The molecule has 0 radical (unpaired) electrons. The van der Waals surface area contributed by atoms with Crippen LogP contribution < -0.4 is 5.73 Å². The Morgan fingerprint density at radius 2 is 2.33 bits per heavy atom. The molecule has 0 atom stereocenters. The van der Waals surface area contributed by atoms with Crippen LogP contribution in [0.25, 0.3) is 0 Å². The van der Waals surface area contributed by atoms with Gasteiger partial charge in [-0.05, 0) is 32.7 Å². The summed E-state index contributed by atoms with van der Waals surface area (Å²) in [6.45, 7) is 3.71. The van der Waals surface area contributed by atoms with E-state index in [4.69, 9.17) is 5.73 Å². The molecule has 12 heavy (non-hydrogen) atoms. The van der Waals surface area contributed by atoms with Crippen LogP contribution in [0.5, 0.6) is 0 Å². The summed E-state index contributed by atoms with van der Waals surface area (Å²) < 4.78 is 1.85. The fourth-order valence-electron chi connectivity index (χ4n) is 1.06. The van der Waals surface area contributed by atoms with Gasteiger partial charge < -0.3 is 5.73 Å². The number of hydrogen-bond donors (Lipinski definition) is 1. The monoisotopic (exact) mass is 168 g/mol. The normalized spacial score (nSPS) is 10.5. The van der Waals surface area contributed by atoms with Crippen molar-refractivity contribution in [1.29, 1.82) is 0 Å². The topological polar surface area (TPSA) is 56.7 Å². The molecule has 0 aromatic carbocycles. The molecule has 0 saturated heterocycles. The molecular formula is C8H16N4. The Labute approximate surface area is 72.8 Å². The molecule has 1 rings (SSSR count). The molecule has 1 aromatic rings. The molecule has 0 unspecified atom stereocenters. The molecule has 68 valence electrons. The Kier molecular flexibility index (Phi) is 3.73. The highest BCUT2D eigenvalue weighted by atomic mass is 15.4. The van der Waals surface area contributed by atoms with Crippen molar-refractivity contribution in [3.05, 3.63) is 11.9 Å². The third-order valence-corrected chi connectivity index (χ3v) is 1.80. The van der Waals surface area contributed by atoms with E-state index in [2.05, 4.69) is 17.2 Å². The van der Waals surface area contributed by atoms with Crippen molar-refractivity contribution in [3.63, 3.8) is 0 Å². The third-order valence-electron chi connectivity index (χ3n) is 1.80. The van der Waals surface area contributed by atoms with Crippen LogP contribution in [0.1, 0.15) is 25.5 Å². The van der Waals surface area contributed by atoms with Gasteiger partial charge in [-0.1, -0.05) is 5.21 Å². The molecule has 2 N–H and O–H groups in total. The molecule has 0 fully saturated rings. The number of rotatable bonds is 5. The van der Waals surface area contributed by atoms with Crippen LogP contribution in [0.3, 0.4) is 0 Å². The second kappa shape index (κ2) is 4.87. The summed E-state index contributed by atoms with van der Waals surface area (Å²) in [5.74, 6) is 0. The number of aryl methyl sites for hydroxylation is 2. The molecule has 0 spiro atoms. The second-order valence-corrected chi connectivity index (χ2v) is 2.81. The van der Waals surface area contributed by atoms with E-state index >= 15 is 0 Å². The van der Waals surface area contributed by atoms with E-state index in [0.29, 0.717) is 0 Å². The molecule has 4 nitrogen and oxygen atoms in total.